The lowest BCUT2D eigenvalue weighted by molar-refractivity contribution is 0.529. The molecule has 0 heterocycles. The van der Waals surface area contributed by atoms with E-state index in [0.29, 0.717) is 0 Å². The zero-order valence-corrected chi connectivity index (χ0v) is 17.1. The number of rotatable bonds is 17. The highest BCUT2D eigenvalue weighted by Gasteiger charge is 1.97. The molecule has 1 aromatic carbocycles. The SMILES string of the molecule is CCCCCCCCCCCCCCCCNCc1ccccc1C. The van der Waals surface area contributed by atoms with Crippen LogP contribution in [0.25, 0.3) is 0 Å². The van der Waals surface area contributed by atoms with Gasteiger partial charge in [-0.05, 0) is 31.0 Å². The van der Waals surface area contributed by atoms with E-state index < -0.39 is 0 Å². The van der Waals surface area contributed by atoms with Crippen molar-refractivity contribution >= 4 is 0 Å². The van der Waals surface area contributed by atoms with Crippen LogP contribution in [0, 0.1) is 6.92 Å². The predicted octanol–water partition coefficient (Wildman–Crippen LogP) is 7.57. The second kappa shape index (κ2) is 16.6. The number of unbranched alkanes of at least 4 members (excludes halogenated alkanes) is 13. The average Bonchev–Trinajstić information content (AvgIpc) is 2.63. The molecular weight excluding hydrogens is 302 g/mol. The molecule has 0 spiro atoms. The van der Waals surface area contributed by atoms with E-state index >= 15 is 0 Å². The van der Waals surface area contributed by atoms with E-state index in [1.165, 1.54) is 101 Å². The van der Waals surface area contributed by atoms with Crippen LogP contribution < -0.4 is 5.32 Å². The van der Waals surface area contributed by atoms with Gasteiger partial charge < -0.3 is 5.32 Å². The molecule has 1 aromatic rings. The topological polar surface area (TPSA) is 12.0 Å². The third kappa shape index (κ3) is 13.1. The van der Waals surface area contributed by atoms with Crippen LogP contribution in [-0.2, 0) is 6.54 Å². The van der Waals surface area contributed by atoms with E-state index in [9.17, 15) is 0 Å². The Morgan fingerprint density at radius 1 is 0.640 bits per heavy atom. The minimum atomic E-state index is 1.02. The molecule has 0 aliphatic rings. The molecule has 0 aromatic heterocycles. The Hall–Kier alpha value is -0.820. The summed E-state index contributed by atoms with van der Waals surface area (Å²) in [4.78, 5) is 0. The van der Waals surface area contributed by atoms with Crippen molar-refractivity contribution in [3.63, 3.8) is 0 Å². The molecule has 144 valence electrons. The van der Waals surface area contributed by atoms with E-state index in [-0.39, 0.29) is 0 Å². The Bertz CT molecular complexity index is 399. The molecule has 0 atom stereocenters. The maximum atomic E-state index is 3.59. The molecule has 0 aliphatic heterocycles. The molecule has 0 aliphatic carbocycles. The van der Waals surface area contributed by atoms with E-state index in [1.54, 1.807) is 0 Å². The maximum absolute atomic E-state index is 3.59. The first kappa shape index (κ1) is 22.2. The Kier molecular flexibility index (Phi) is 14.8. The van der Waals surface area contributed by atoms with Crippen LogP contribution in [-0.4, -0.2) is 6.54 Å². The van der Waals surface area contributed by atoms with Gasteiger partial charge in [0.05, 0.1) is 0 Å². The van der Waals surface area contributed by atoms with Gasteiger partial charge in [-0.2, -0.15) is 0 Å². The van der Waals surface area contributed by atoms with Crippen molar-refractivity contribution in [2.75, 3.05) is 6.54 Å². The van der Waals surface area contributed by atoms with Gasteiger partial charge in [0, 0.05) is 6.54 Å². The fourth-order valence-corrected chi connectivity index (χ4v) is 3.48. The van der Waals surface area contributed by atoms with E-state index in [0.717, 1.165) is 13.1 Å². The summed E-state index contributed by atoms with van der Waals surface area (Å²) in [7, 11) is 0. The molecule has 1 heteroatoms. The molecule has 25 heavy (non-hydrogen) atoms. The lowest BCUT2D eigenvalue weighted by Gasteiger charge is -2.07. The van der Waals surface area contributed by atoms with Crippen LogP contribution in [0.2, 0.25) is 0 Å². The zero-order chi connectivity index (χ0) is 18.0. The third-order valence-electron chi connectivity index (χ3n) is 5.28. The molecule has 1 rings (SSSR count). The van der Waals surface area contributed by atoms with Crippen LogP contribution in [0.4, 0.5) is 0 Å². The number of hydrogen-bond acceptors (Lipinski definition) is 1. The average molecular weight is 346 g/mol. The predicted molar refractivity (Wildman–Crippen MR) is 113 cm³/mol. The lowest BCUT2D eigenvalue weighted by Crippen LogP contribution is -2.15. The molecule has 0 saturated carbocycles. The summed E-state index contributed by atoms with van der Waals surface area (Å²) in [5, 5.41) is 3.59. The van der Waals surface area contributed by atoms with Gasteiger partial charge in [0.25, 0.3) is 0 Å². The van der Waals surface area contributed by atoms with Crippen molar-refractivity contribution in [1.29, 1.82) is 0 Å². The molecule has 1 nitrogen and oxygen atoms in total. The Balaban J connectivity index is 1.75. The fraction of sp³-hybridized carbons (Fsp3) is 0.750. The highest BCUT2D eigenvalue weighted by atomic mass is 14.8. The lowest BCUT2D eigenvalue weighted by atomic mass is 10.0. The summed E-state index contributed by atoms with van der Waals surface area (Å²) in [5.74, 6) is 0. The van der Waals surface area contributed by atoms with Crippen molar-refractivity contribution in [3.8, 4) is 0 Å². The number of nitrogens with one attached hydrogen (secondary N) is 1. The minimum absolute atomic E-state index is 1.02. The first-order chi connectivity index (χ1) is 12.3. The second-order valence-corrected chi connectivity index (χ2v) is 7.70. The molecule has 0 radical (unpaired) electrons. The standard InChI is InChI=1S/C24H43N/c1-3-4-5-6-7-8-9-10-11-12-13-14-15-18-21-25-22-24-20-17-16-19-23(24)2/h16-17,19-20,25H,3-15,18,21-22H2,1-2H3. The van der Waals surface area contributed by atoms with Crippen molar-refractivity contribution in [3.05, 3.63) is 35.4 Å². The Morgan fingerprint density at radius 3 is 1.64 bits per heavy atom. The quantitative estimate of drug-likeness (QED) is 0.287. The Morgan fingerprint density at radius 2 is 1.12 bits per heavy atom. The van der Waals surface area contributed by atoms with E-state index in [1.807, 2.05) is 0 Å². The highest BCUT2D eigenvalue weighted by molar-refractivity contribution is 5.25. The second-order valence-electron chi connectivity index (χ2n) is 7.70. The normalized spacial score (nSPS) is 11.1. The van der Waals surface area contributed by atoms with Crippen molar-refractivity contribution in [2.24, 2.45) is 0 Å². The summed E-state index contributed by atoms with van der Waals surface area (Å²) >= 11 is 0. The van der Waals surface area contributed by atoms with Crippen molar-refractivity contribution in [1.82, 2.24) is 5.32 Å². The summed E-state index contributed by atoms with van der Waals surface area (Å²) in [5.41, 5.74) is 2.84. The smallest absolute Gasteiger partial charge is 0.0208 e. The van der Waals surface area contributed by atoms with Crippen molar-refractivity contribution in [2.45, 2.75) is 110 Å². The fourth-order valence-electron chi connectivity index (χ4n) is 3.48. The van der Waals surface area contributed by atoms with Crippen LogP contribution in [0.1, 0.15) is 108 Å². The van der Waals surface area contributed by atoms with E-state index in [2.05, 4.69) is 43.4 Å². The van der Waals surface area contributed by atoms with Gasteiger partial charge in [-0.25, -0.2) is 0 Å². The van der Waals surface area contributed by atoms with Crippen LogP contribution in [0.5, 0.6) is 0 Å². The molecule has 0 unspecified atom stereocenters. The van der Waals surface area contributed by atoms with Crippen LogP contribution in [0.15, 0.2) is 24.3 Å². The van der Waals surface area contributed by atoms with Crippen LogP contribution in [0.3, 0.4) is 0 Å². The van der Waals surface area contributed by atoms with Gasteiger partial charge in [-0.1, -0.05) is 115 Å². The van der Waals surface area contributed by atoms with Gasteiger partial charge in [-0.3, -0.25) is 0 Å². The van der Waals surface area contributed by atoms with Crippen LogP contribution >= 0.6 is 0 Å². The molecule has 0 amide bonds. The number of hydrogen-bond donors (Lipinski definition) is 1. The van der Waals surface area contributed by atoms with Gasteiger partial charge in [0.15, 0.2) is 0 Å². The number of aryl methyl sites for hydroxylation is 1. The largest absolute Gasteiger partial charge is 0.313 e. The van der Waals surface area contributed by atoms with Gasteiger partial charge >= 0.3 is 0 Å². The highest BCUT2D eigenvalue weighted by Crippen LogP contribution is 2.13. The summed E-state index contributed by atoms with van der Waals surface area (Å²) in [6.45, 7) is 6.67. The minimum Gasteiger partial charge on any atom is -0.313 e. The Labute approximate surface area is 158 Å². The van der Waals surface area contributed by atoms with Gasteiger partial charge in [0.1, 0.15) is 0 Å². The molecule has 0 saturated heterocycles. The molecule has 0 bridgehead atoms. The summed E-state index contributed by atoms with van der Waals surface area (Å²) in [6.07, 6.45) is 20.1. The van der Waals surface area contributed by atoms with Crippen molar-refractivity contribution < 1.29 is 0 Å². The molecule has 1 N–H and O–H groups in total. The monoisotopic (exact) mass is 345 g/mol. The first-order valence-corrected chi connectivity index (χ1v) is 11.1. The third-order valence-corrected chi connectivity index (χ3v) is 5.28. The van der Waals surface area contributed by atoms with Gasteiger partial charge in [0.2, 0.25) is 0 Å². The first-order valence-electron chi connectivity index (χ1n) is 11.1. The summed E-state index contributed by atoms with van der Waals surface area (Å²) in [6, 6.07) is 8.68. The van der Waals surface area contributed by atoms with Gasteiger partial charge in [-0.15, -0.1) is 0 Å². The molecule has 0 fully saturated rings. The number of benzene rings is 1. The molecular formula is C24H43N. The summed E-state index contributed by atoms with van der Waals surface area (Å²) < 4.78 is 0. The van der Waals surface area contributed by atoms with E-state index in [4.69, 9.17) is 0 Å². The maximum Gasteiger partial charge on any atom is 0.0208 e. The zero-order valence-electron chi connectivity index (χ0n) is 17.1.